The van der Waals surface area contributed by atoms with E-state index in [1.54, 1.807) is 11.8 Å². The van der Waals surface area contributed by atoms with Gasteiger partial charge in [-0.25, -0.2) is 0 Å². The number of para-hydroxylation sites is 1. The molecule has 0 aromatic heterocycles. The summed E-state index contributed by atoms with van der Waals surface area (Å²) >= 11 is 1.73. The van der Waals surface area contributed by atoms with Crippen molar-refractivity contribution in [1.29, 1.82) is 0 Å². The van der Waals surface area contributed by atoms with Crippen molar-refractivity contribution in [2.45, 2.75) is 18.6 Å². The first-order chi connectivity index (χ1) is 7.72. The first-order valence-corrected chi connectivity index (χ1v) is 6.44. The molecule has 0 heterocycles. The van der Waals surface area contributed by atoms with Gasteiger partial charge in [-0.15, -0.1) is 0 Å². The van der Waals surface area contributed by atoms with Crippen LogP contribution in [0.15, 0.2) is 30.3 Å². The average Bonchev–Trinajstić information content (AvgIpc) is 2.30. The van der Waals surface area contributed by atoms with E-state index in [0.717, 1.165) is 11.4 Å². The van der Waals surface area contributed by atoms with Gasteiger partial charge in [-0.2, -0.15) is 11.8 Å². The van der Waals surface area contributed by atoms with Gasteiger partial charge in [-0.3, -0.25) is 4.79 Å². The molecule has 3 N–H and O–H groups in total. The van der Waals surface area contributed by atoms with Crippen LogP contribution in [-0.4, -0.2) is 23.5 Å². The summed E-state index contributed by atoms with van der Waals surface area (Å²) in [4.78, 5) is 11.5. The molecule has 3 nitrogen and oxygen atoms in total. The fourth-order valence-electron chi connectivity index (χ4n) is 1.17. The van der Waals surface area contributed by atoms with Crippen LogP contribution in [0.3, 0.4) is 0 Å². The van der Waals surface area contributed by atoms with E-state index in [9.17, 15) is 4.79 Å². The van der Waals surface area contributed by atoms with Gasteiger partial charge in [0.25, 0.3) is 0 Å². The summed E-state index contributed by atoms with van der Waals surface area (Å²) in [6, 6.07) is 9.50. The van der Waals surface area contributed by atoms with Crippen LogP contribution in [0.25, 0.3) is 0 Å². The molecule has 16 heavy (non-hydrogen) atoms. The number of thioether (sulfide) groups is 1. The summed E-state index contributed by atoms with van der Waals surface area (Å²) in [5.41, 5.74) is 6.34. The number of amides is 1. The first-order valence-electron chi connectivity index (χ1n) is 5.39. The van der Waals surface area contributed by atoms with Crippen LogP contribution in [0, 0.1) is 0 Å². The van der Waals surface area contributed by atoms with Crippen molar-refractivity contribution >= 4 is 23.4 Å². The maximum atomic E-state index is 11.5. The Hall–Kier alpha value is -1.00. The molecule has 1 amide bonds. The van der Waals surface area contributed by atoms with Crippen LogP contribution in [0.2, 0.25) is 0 Å². The normalized spacial score (nSPS) is 12.1. The summed E-state index contributed by atoms with van der Waals surface area (Å²) < 4.78 is 0. The number of anilines is 1. The maximum Gasteiger partial charge on any atom is 0.225 e. The van der Waals surface area contributed by atoms with E-state index >= 15 is 0 Å². The second-order valence-electron chi connectivity index (χ2n) is 3.58. The number of carbonyl (C=O) groups is 1. The Labute approximate surface area is 101 Å². The van der Waals surface area contributed by atoms with Gasteiger partial charge in [0.05, 0.1) is 0 Å². The van der Waals surface area contributed by atoms with E-state index in [1.165, 1.54) is 0 Å². The maximum absolute atomic E-state index is 11.5. The molecule has 88 valence electrons. The van der Waals surface area contributed by atoms with Gasteiger partial charge in [0, 0.05) is 29.7 Å². The van der Waals surface area contributed by atoms with E-state index in [4.69, 9.17) is 5.73 Å². The lowest BCUT2D eigenvalue weighted by atomic mass is 10.3. The monoisotopic (exact) mass is 238 g/mol. The molecule has 0 saturated heterocycles. The average molecular weight is 238 g/mol. The minimum absolute atomic E-state index is 0.0583. The van der Waals surface area contributed by atoms with E-state index in [1.807, 2.05) is 30.3 Å². The van der Waals surface area contributed by atoms with Crippen molar-refractivity contribution in [3.8, 4) is 0 Å². The van der Waals surface area contributed by atoms with Crippen LogP contribution in [0.4, 0.5) is 5.69 Å². The molecule has 4 heteroatoms. The van der Waals surface area contributed by atoms with Crippen molar-refractivity contribution in [2.75, 3.05) is 17.6 Å². The Morgan fingerprint density at radius 2 is 2.12 bits per heavy atom. The highest BCUT2D eigenvalue weighted by Crippen LogP contribution is 2.11. The number of rotatable bonds is 6. The molecule has 0 spiro atoms. The zero-order chi connectivity index (χ0) is 11.8. The van der Waals surface area contributed by atoms with Gasteiger partial charge in [0.1, 0.15) is 0 Å². The quantitative estimate of drug-likeness (QED) is 0.798. The van der Waals surface area contributed by atoms with E-state index in [0.29, 0.717) is 18.2 Å². The number of hydrogen-bond acceptors (Lipinski definition) is 3. The van der Waals surface area contributed by atoms with E-state index < -0.39 is 0 Å². The van der Waals surface area contributed by atoms with Crippen molar-refractivity contribution < 1.29 is 4.79 Å². The molecule has 1 unspecified atom stereocenters. The van der Waals surface area contributed by atoms with Gasteiger partial charge in [-0.05, 0) is 12.1 Å². The molecule has 0 aliphatic carbocycles. The van der Waals surface area contributed by atoms with Gasteiger partial charge in [-0.1, -0.05) is 25.1 Å². The summed E-state index contributed by atoms with van der Waals surface area (Å²) in [6.07, 6.45) is 0.532. The third kappa shape index (κ3) is 5.19. The second-order valence-corrected chi connectivity index (χ2v) is 5.13. The van der Waals surface area contributed by atoms with Crippen LogP contribution in [0.1, 0.15) is 13.3 Å². The smallest absolute Gasteiger partial charge is 0.225 e. The van der Waals surface area contributed by atoms with Crippen molar-refractivity contribution in [3.63, 3.8) is 0 Å². The van der Waals surface area contributed by atoms with Crippen LogP contribution < -0.4 is 11.1 Å². The van der Waals surface area contributed by atoms with Crippen molar-refractivity contribution in [1.82, 2.24) is 0 Å². The highest BCUT2D eigenvalue weighted by Gasteiger charge is 2.04. The summed E-state index contributed by atoms with van der Waals surface area (Å²) in [5.74, 6) is 0.875. The molecular weight excluding hydrogens is 220 g/mol. The minimum Gasteiger partial charge on any atom is -0.329 e. The topological polar surface area (TPSA) is 55.1 Å². The molecule has 1 atom stereocenters. The first kappa shape index (κ1) is 13.1. The second kappa shape index (κ2) is 7.30. The summed E-state index contributed by atoms with van der Waals surface area (Å²) in [6.45, 7) is 2.73. The fraction of sp³-hybridized carbons (Fsp3) is 0.417. The predicted octanol–water partition coefficient (Wildman–Crippen LogP) is 2.10. The Morgan fingerprint density at radius 3 is 2.75 bits per heavy atom. The molecule has 0 fully saturated rings. The number of carbonyl (C=O) groups excluding carboxylic acids is 1. The Kier molecular flexibility index (Phi) is 5.96. The predicted molar refractivity (Wildman–Crippen MR) is 70.7 cm³/mol. The third-order valence-electron chi connectivity index (χ3n) is 2.12. The van der Waals surface area contributed by atoms with Gasteiger partial charge >= 0.3 is 0 Å². The lowest BCUT2D eigenvalue weighted by Gasteiger charge is -2.08. The molecule has 1 aromatic carbocycles. The third-order valence-corrected chi connectivity index (χ3v) is 3.32. The largest absolute Gasteiger partial charge is 0.329 e. The lowest BCUT2D eigenvalue weighted by Crippen LogP contribution is -2.16. The van der Waals surface area contributed by atoms with Crippen LogP contribution in [0.5, 0.6) is 0 Å². The molecule has 0 aliphatic heterocycles. The Bertz CT molecular complexity index is 316. The zero-order valence-corrected chi connectivity index (χ0v) is 10.3. The van der Waals surface area contributed by atoms with Crippen LogP contribution >= 0.6 is 11.8 Å². The molecule has 1 rings (SSSR count). The van der Waals surface area contributed by atoms with E-state index in [-0.39, 0.29) is 5.91 Å². The van der Waals surface area contributed by atoms with Gasteiger partial charge in [0.2, 0.25) is 5.91 Å². The standard InChI is InChI=1S/C12H18N2OS/c1-10(9-13)16-8-7-12(15)14-11-5-3-2-4-6-11/h2-6,10H,7-9,13H2,1H3,(H,14,15). The number of hydrogen-bond donors (Lipinski definition) is 2. The van der Waals surface area contributed by atoms with Gasteiger partial charge in [0.15, 0.2) is 0 Å². The van der Waals surface area contributed by atoms with E-state index in [2.05, 4.69) is 12.2 Å². The Morgan fingerprint density at radius 1 is 1.44 bits per heavy atom. The number of nitrogens with one attached hydrogen (secondary N) is 1. The lowest BCUT2D eigenvalue weighted by molar-refractivity contribution is -0.115. The molecule has 1 aromatic rings. The minimum atomic E-state index is 0.0583. The molecule has 0 aliphatic rings. The molecular formula is C12H18N2OS. The van der Waals surface area contributed by atoms with Crippen molar-refractivity contribution in [2.24, 2.45) is 5.73 Å². The fourth-order valence-corrected chi connectivity index (χ4v) is 2.01. The summed E-state index contributed by atoms with van der Waals surface area (Å²) in [7, 11) is 0. The number of benzene rings is 1. The molecule has 0 saturated carbocycles. The van der Waals surface area contributed by atoms with Crippen LogP contribution in [-0.2, 0) is 4.79 Å². The number of nitrogens with two attached hydrogens (primary N) is 1. The molecule has 0 bridgehead atoms. The summed E-state index contributed by atoms with van der Waals surface area (Å²) in [5, 5.41) is 3.27. The highest BCUT2D eigenvalue weighted by atomic mass is 32.2. The molecule has 0 radical (unpaired) electrons. The van der Waals surface area contributed by atoms with Crippen molar-refractivity contribution in [3.05, 3.63) is 30.3 Å². The Balaban J connectivity index is 2.21. The van der Waals surface area contributed by atoms with Gasteiger partial charge < -0.3 is 11.1 Å². The SMILES string of the molecule is CC(CN)SCCC(=O)Nc1ccccc1. The zero-order valence-electron chi connectivity index (χ0n) is 9.48. The highest BCUT2D eigenvalue weighted by molar-refractivity contribution is 7.99.